The fourth-order valence-electron chi connectivity index (χ4n) is 2.76. The van der Waals surface area contributed by atoms with Crippen molar-refractivity contribution in [2.24, 2.45) is 0 Å². The second-order valence-electron chi connectivity index (χ2n) is 5.88. The molecular formula is C20H20N2O4. The summed E-state index contributed by atoms with van der Waals surface area (Å²) in [5.74, 6) is 0.339. The second kappa shape index (κ2) is 7.84. The lowest BCUT2D eigenvalue weighted by Gasteiger charge is -2.07. The van der Waals surface area contributed by atoms with Crippen LogP contribution in [0.15, 0.2) is 53.5 Å². The van der Waals surface area contributed by atoms with E-state index in [1.807, 2.05) is 42.5 Å². The van der Waals surface area contributed by atoms with Gasteiger partial charge in [-0.1, -0.05) is 18.2 Å². The number of pyridine rings is 1. The fraction of sp³-hybridized carbons (Fsp3) is 0.200. The topological polar surface area (TPSA) is 80.4 Å². The van der Waals surface area contributed by atoms with Crippen LogP contribution in [0.25, 0.3) is 10.9 Å². The quantitative estimate of drug-likeness (QED) is 0.668. The molecule has 2 N–H and O–H groups in total. The summed E-state index contributed by atoms with van der Waals surface area (Å²) >= 11 is 0. The van der Waals surface area contributed by atoms with Gasteiger partial charge in [0.2, 0.25) is 5.43 Å². The SMILES string of the molecule is COCNC(=O)c1c[nH]c2ccc(Cc3ccc(OC)cc3)cc2c1=O. The zero-order chi connectivity index (χ0) is 18.5. The third kappa shape index (κ3) is 3.75. The van der Waals surface area contributed by atoms with Crippen molar-refractivity contribution in [3.63, 3.8) is 0 Å². The summed E-state index contributed by atoms with van der Waals surface area (Å²) in [4.78, 5) is 27.8. The normalized spacial score (nSPS) is 10.7. The zero-order valence-electron chi connectivity index (χ0n) is 14.7. The number of methoxy groups -OCH3 is 2. The van der Waals surface area contributed by atoms with Gasteiger partial charge in [-0.15, -0.1) is 0 Å². The van der Waals surface area contributed by atoms with Crippen molar-refractivity contribution >= 4 is 16.8 Å². The van der Waals surface area contributed by atoms with Crippen molar-refractivity contribution in [2.45, 2.75) is 6.42 Å². The van der Waals surface area contributed by atoms with Crippen LogP contribution in [0, 0.1) is 0 Å². The van der Waals surface area contributed by atoms with Gasteiger partial charge in [-0.2, -0.15) is 0 Å². The molecule has 6 heteroatoms. The summed E-state index contributed by atoms with van der Waals surface area (Å²) in [5.41, 5.74) is 2.55. The Morgan fingerprint density at radius 3 is 2.50 bits per heavy atom. The molecular weight excluding hydrogens is 332 g/mol. The zero-order valence-corrected chi connectivity index (χ0v) is 14.7. The van der Waals surface area contributed by atoms with E-state index in [-0.39, 0.29) is 17.7 Å². The molecule has 0 saturated heterocycles. The van der Waals surface area contributed by atoms with E-state index in [2.05, 4.69) is 10.3 Å². The molecule has 1 amide bonds. The maximum absolute atomic E-state index is 12.7. The third-order valence-electron chi connectivity index (χ3n) is 4.13. The highest BCUT2D eigenvalue weighted by atomic mass is 16.5. The second-order valence-corrected chi connectivity index (χ2v) is 5.88. The number of carbonyl (C=O) groups is 1. The summed E-state index contributed by atoms with van der Waals surface area (Å²) in [6.07, 6.45) is 2.11. The molecule has 0 aliphatic carbocycles. The van der Waals surface area contributed by atoms with E-state index in [4.69, 9.17) is 9.47 Å². The number of hydrogen-bond acceptors (Lipinski definition) is 4. The molecule has 134 valence electrons. The number of ether oxygens (including phenoxy) is 2. The minimum atomic E-state index is -0.462. The summed E-state index contributed by atoms with van der Waals surface area (Å²) in [6.45, 7) is 0.0494. The standard InChI is InChI=1S/C20H20N2O4/c1-25-12-22-20(24)17-11-21-18-8-5-14(10-16(18)19(17)23)9-13-3-6-15(26-2)7-4-13/h3-8,10-11H,9,12H2,1-2H3,(H,21,23)(H,22,24). The number of nitrogens with one attached hydrogen (secondary N) is 2. The van der Waals surface area contributed by atoms with E-state index in [9.17, 15) is 9.59 Å². The van der Waals surface area contributed by atoms with Gasteiger partial charge in [0.1, 0.15) is 18.0 Å². The largest absolute Gasteiger partial charge is 0.497 e. The Labute approximate surface area is 150 Å². The first kappa shape index (κ1) is 17.7. The van der Waals surface area contributed by atoms with Gasteiger partial charge in [-0.05, 0) is 41.8 Å². The maximum atomic E-state index is 12.7. The molecule has 0 spiro atoms. The lowest BCUT2D eigenvalue weighted by atomic mass is 10.0. The van der Waals surface area contributed by atoms with E-state index in [1.54, 1.807) is 7.11 Å². The van der Waals surface area contributed by atoms with Crippen molar-refractivity contribution in [1.29, 1.82) is 0 Å². The average Bonchev–Trinajstić information content (AvgIpc) is 2.67. The van der Waals surface area contributed by atoms with E-state index in [0.29, 0.717) is 17.3 Å². The number of rotatable bonds is 6. The molecule has 0 aliphatic heterocycles. The van der Waals surface area contributed by atoms with Crippen LogP contribution >= 0.6 is 0 Å². The molecule has 0 atom stereocenters. The predicted molar refractivity (Wildman–Crippen MR) is 99.7 cm³/mol. The van der Waals surface area contributed by atoms with Crippen molar-refractivity contribution in [3.05, 3.63) is 75.6 Å². The monoisotopic (exact) mass is 352 g/mol. The maximum Gasteiger partial charge on any atom is 0.258 e. The number of aromatic nitrogens is 1. The van der Waals surface area contributed by atoms with E-state index < -0.39 is 5.91 Å². The van der Waals surface area contributed by atoms with Crippen LogP contribution in [-0.4, -0.2) is 31.8 Å². The average molecular weight is 352 g/mol. The van der Waals surface area contributed by atoms with Gasteiger partial charge < -0.3 is 19.8 Å². The van der Waals surface area contributed by atoms with Gasteiger partial charge in [0.15, 0.2) is 0 Å². The molecule has 1 aromatic heterocycles. The predicted octanol–water partition coefficient (Wildman–Crippen LogP) is 2.46. The van der Waals surface area contributed by atoms with E-state index in [0.717, 1.165) is 16.9 Å². The van der Waals surface area contributed by atoms with Gasteiger partial charge in [-0.25, -0.2) is 0 Å². The van der Waals surface area contributed by atoms with Crippen LogP contribution in [0.3, 0.4) is 0 Å². The van der Waals surface area contributed by atoms with Crippen molar-refractivity contribution in [2.75, 3.05) is 21.0 Å². The van der Waals surface area contributed by atoms with Gasteiger partial charge in [0.05, 0.1) is 7.11 Å². The summed E-state index contributed by atoms with van der Waals surface area (Å²) in [7, 11) is 3.10. The Hall–Kier alpha value is -3.12. The molecule has 3 aromatic rings. The van der Waals surface area contributed by atoms with Gasteiger partial charge in [0, 0.05) is 24.2 Å². The lowest BCUT2D eigenvalue weighted by molar-refractivity contribution is 0.0871. The number of H-pyrrole nitrogens is 1. The number of aromatic amines is 1. The van der Waals surface area contributed by atoms with Crippen LogP contribution in [0.2, 0.25) is 0 Å². The van der Waals surface area contributed by atoms with E-state index >= 15 is 0 Å². The molecule has 0 fully saturated rings. The highest BCUT2D eigenvalue weighted by Gasteiger charge is 2.13. The Kier molecular flexibility index (Phi) is 5.34. The molecule has 6 nitrogen and oxygen atoms in total. The molecule has 0 radical (unpaired) electrons. The fourth-order valence-corrected chi connectivity index (χ4v) is 2.76. The van der Waals surface area contributed by atoms with Gasteiger partial charge >= 0.3 is 0 Å². The van der Waals surface area contributed by atoms with Crippen LogP contribution in [0.5, 0.6) is 5.75 Å². The summed E-state index contributed by atoms with van der Waals surface area (Å²) < 4.78 is 9.97. The minimum absolute atomic E-state index is 0.0494. The molecule has 0 saturated carbocycles. The van der Waals surface area contributed by atoms with Gasteiger partial charge in [-0.3, -0.25) is 9.59 Å². The number of hydrogen-bond donors (Lipinski definition) is 2. The van der Waals surface area contributed by atoms with Crippen LogP contribution in [-0.2, 0) is 11.2 Å². The molecule has 2 aromatic carbocycles. The Bertz CT molecular complexity index is 977. The first-order chi connectivity index (χ1) is 12.6. The van der Waals surface area contributed by atoms with Crippen LogP contribution in [0.4, 0.5) is 0 Å². The minimum Gasteiger partial charge on any atom is -0.497 e. The van der Waals surface area contributed by atoms with Crippen molar-refractivity contribution < 1.29 is 14.3 Å². The molecule has 0 bridgehead atoms. The van der Waals surface area contributed by atoms with E-state index in [1.165, 1.54) is 13.3 Å². The highest BCUT2D eigenvalue weighted by molar-refractivity contribution is 5.97. The molecule has 0 unspecified atom stereocenters. The van der Waals surface area contributed by atoms with Crippen LogP contribution in [0.1, 0.15) is 21.5 Å². The highest BCUT2D eigenvalue weighted by Crippen LogP contribution is 2.17. The van der Waals surface area contributed by atoms with Gasteiger partial charge in [0.25, 0.3) is 5.91 Å². The smallest absolute Gasteiger partial charge is 0.258 e. The van der Waals surface area contributed by atoms with Crippen molar-refractivity contribution in [1.82, 2.24) is 10.3 Å². The first-order valence-electron chi connectivity index (χ1n) is 8.16. The number of carbonyl (C=O) groups excluding carboxylic acids is 1. The molecule has 1 heterocycles. The summed E-state index contributed by atoms with van der Waals surface area (Å²) in [6, 6.07) is 13.4. The summed E-state index contributed by atoms with van der Waals surface area (Å²) in [5, 5.41) is 3.01. The third-order valence-corrected chi connectivity index (χ3v) is 4.13. The number of fused-ring (bicyclic) bond motifs is 1. The lowest BCUT2D eigenvalue weighted by Crippen LogP contribution is -2.30. The molecule has 3 rings (SSSR count). The Morgan fingerprint density at radius 2 is 1.81 bits per heavy atom. The number of benzene rings is 2. The van der Waals surface area contributed by atoms with Crippen molar-refractivity contribution in [3.8, 4) is 5.75 Å². The first-order valence-corrected chi connectivity index (χ1v) is 8.16. The molecule has 0 aliphatic rings. The molecule has 26 heavy (non-hydrogen) atoms. The van der Waals surface area contributed by atoms with Crippen LogP contribution < -0.4 is 15.5 Å². The Morgan fingerprint density at radius 1 is 1.08 bits per heavy atom. The number of amides is 1. The Balaban J connectivity index is 1.92.